The molecule has 26 heavy (non-hydrogen) atoms. The highest BCUT2D eigenvalue weighted by Gasteiger charge is 2.44. The van der Waals surface area contributed by atoms with Crippen molar-refractivity contribution in [3.8, 4) is 0 Å². The number of hydrogen-bond acceptors (Lipinski definition) is 4. The average molecular weight is 359 g/mol. The number of hydrogen-bond donors (Lipinski definition) is 0. The van der Waals surface area contributed by atoms with Gasteiger partial charge in [0.25, 0.3) is 0 Å². The van der Waals surface area contributed by atoms with Crippen LogP contribution < -0.4 is 0 Å². The number of amides is 2. The Morgan fingerprint density at radius 2 is 2.08 bits per heavy atom. The first-order valence-corrected chi connectivity index (χ1v) is 10.1. The Labute approximate surface area is 154 Å². The van der Waals surface area contributed by atoms with Gasteiger partial charge in [0.05, 0.1) is 12.6 Å². The number of rotatable bonds is 3. The third kappa shape index (κ3) is 3.38. The van der Waals surface area contributed by atoms with Crippen LogP contribution in [0.15, 0.2) is 10.6 Å². The van der Waals surface area contributed by atoms with E-state index in [4.69, 9.17) is 4.52 Å². The van der Waals surface area contributed by atoms with Crippen molar-refractivity contribution in [1.29, 1.82) is 0 Å². The molecular formula is C20H29N3O3. The first-order valence-electron chi connectivity index (χ1n) is 10.1. The Bertz CT molecular complexity index is 678. The van der Waals surface area contributed by atoms with Gasteiger partial charge in [-0.15, -0.1) is 0 Å². The van der Waals surface area contributed by atoms with E-state index >= 15 is 0 Å². The Morgan fingerprint density at radius 1 is 1.27 bits per heavy atom. The molecule has 2 amide bonds. The van der Waals surface area contributed by atoms with Gasteiger partial charge in [0.15, 0.2) is 0 Å². The van der Waals surface area contributed by atoms with E-state index in [0.717, 1.165) is 56.6 Å². The van der Waals surface area contributed by atoms with Crippen molar-refractivity contribution in [1.82, 2.24) is 15.0 Å². The molecule has 6 heteroatoms. The fraction of sp³-hybridized carbons (Fsp3) is 0.750. The number of carbonyl (C=O) groups is 2. The van der Waals surface area contributed by atoms with Crippen molar-refractivity contribution in [3.63, 3.8) is 0 Å². The van der Waals surface area contributed by atoms with Crippen LogP contribution in [0.5, 0.6) is 0 Å². The lowest BCUT2D eigenvalue weighted by molar-refractivity contribution is -0.141. The minimum atomic E-state index is -0.0185. The van der Waals surface area contributed by atoms with Crippen LogP contribution in [0.25, 0.3) is 0 Å². The number of carbonyl (C=O) groups excluding carboxylic acids is 2. The first-order chi connectivity index (χ1) is 12.6. The van der Waals surface area contributed by atoms with Gasteiger partial charge < -0.3 is 14.3 Å². The lowest BCUT2D eigenvalue weighted by atomic mass is 9.73. The third-order valence-corrected chi connectivity index (χ3v) is 6.46. The Hall–Kier alpha value is -1.85. The third-order valence-electron chi connectivity index (χ3n) is 6.46. The Balaban J connectivity index is 1.44. The minimum Gasteiger partial charge on any atom is -0.361 e. The van der Waals surface area contributed by atoms with Gasteiger partial charge in [0, 0.05) is 25.6 Å². The molecular weight excluding hydrogens is 330 g/mol. The summed E-state index contributed by atoms with van der Waals surface area (Å²) in [6, 6.07) is 1.91. The molecule has 4 rings (SSSR count). The molecule has 142 valence electrons. The van der Waals surface area contributed by atoms with Gasteiger partial charge in [-0.25, -0.2) is 0 Å². The van der Waals surface area contributed by atoms with Crippen LogP contribution in [0, 0.1) is 12.3 Å². The monoisotopic (exact) mass is 359 g/mol. The molecule has 2 saturated heterocycles. The van der Waals surface area contributed by atoms with Gasteiger partial charge in [-0.3, -0.25) is 9.59 Å². The summed E-state index contributed by atoms with van der Waals surface area (Å²) in [5.74, 6) is 0.981. The number of nitrogens with zero attached hydrogens (tertiary/aromatic N) is 3. The quantitative estimate of drug-likeness (QED) is 0.831. The summed E-state index contributed by atoms with van der Waals surface area (Å²) in [4.78, 5) is 29.3. The zero-order valence-corrected chi connectivity index (χ0v) is 15.7. The van der Waals surface area contributed by atoms with E-state index in [1.54, 1.807) is 0 Å². The smallest absolute Gasteiger partial charge is 0.242 e. The molecule has 0 unspecified atom stereocenters. The van der Waals surface area contributed by atoms with E-state index in [0.29, 0.717) is 6.42 Å². The minimum absolute atomic E-state index is 0.0185. The maximum Gasteiger partial charge on any atom is 0.242 e. The van der Waals surface area contributed by atoms with Gasteiger partial charge in [0.1, 0.15) is 11.5 Å². The molecule has 3 fully saturated rings. The zero-order chi connectivity index (χ0) is 18.1. The van der Waals surface area contributed by atoms with Gasteiger partial charge >= 0.3 is 0 Å². The van der Waals surface area contributed by atoms with Crippen molar-refractivity contribution >= 4 is 11.8 Å². The fourth-order valence-corrected chi connectivity index (χ4v) is 5.10. The molecule has 0 aromatic carbocycles. The van der Waals surface area contributed by atoms with Crippen molar-refractivity contribution in [3.05, 3.63) is 17.5 Å². The van der Waals surface area contributed by atoms with Crippen LogP contribution in [0.3, 0.4) is 0 Å². The number of aryl methyl sites for hydroxylation is 1. The van der Waals surface area contributed by atoms with E-state index in [2.05, 4.69) is 5.16 Å². The predicted octanol–water partition coefficient (Wildman–Crippen LogP) is 3.22. The molecule has 1 aromatic rings. The van der Waals surface area contributed by atoms with Crippen molar-refractivity contribution in [2.24, 2.45) is 5.41 Å². The highest BCUT2D eigenvalue weighted by atomic mass is 16.5. The second kappa shape index (κ2) is 7.05. The SMILES string of the molecule is Cc1cc([C@@H]2CCCCN2C(=O)CN2CC3(CCCCC3)CC2=O)no1. The van der Waals surface area contributed by atoms with Crippen molar-refractivity contribution < 1.29 is 14.1 Å². The number of piperidine rings is 1. The molecule has 0 radical (unpaired) electrons. The standard InChI is InChI=1S/C20H29N3O3/c1-15-11-16(21-26-15)17-7-3-6-10-23(17)19(25)13-22-14-20(12-18(22)24)8-4-2-5-9-20/h11,17H,2-10,12-14H2,1H3/t17-/m0/s1. The van der Waals surface area contributed by atoms with E-state index in [1.807, 2.05) is 22.8 Å². The molecule has 1 saturated carbocycles. The summed E-state index contributed by atoms with van der Waals surface area (Å²) >= 11 is 0. The van der Waals surface area contributed by atoms with Gasteiger partial charge in [0.2, 0.25) is 11.8 Å². The van der Waals surface area contributed by atoms with E-state index in [-0.39, 0.29) is 29.8 Å². The van der Waals surface area contributed by atoms with Crippen LogP contribution >= 0.6 is 0 Å². The van der Waals surface area contributed by atoms with Gasteiger partial charge in [-0.2, -0.15) is 0 Å². The topological polar surface area (TPSA) is 66.7 Å². The second-order valence-electron chi connectivity index (χ2n) is 8.45. The maximum absolute atomic E-state index is 13.0. The second-order valence-corrected chi connectivity index (χ2v) is 8.45. The molecule has 1 aliphatic carbocycles. The van der Waals surface area contributed by atoms with Gasteiger partial charge in [-0.05, 0) is 44.4 Å². The van der Waals surface area contributed by atoms with Crippen LogP contribution in [0.2, 0.25) is 0 Å². The Kier molecular flexibility index (Phi) is 4.76. The average Bonchev–Trinajstić information content (AvgIpc) is 3.19. The summed E-state index contributed by atoms with van der Waals surface area (Å²) in [5.41, 5.74) is 0.979. The summed E-state index contributed by atoms with van der Waals surface area (Å²) in [6.07, 6.45) is 9.62. The maximum atomic E-state index is 13.0. The molecule has 3 heterocycles. The van der Waals surface area contributed by atoms with Crippen LogP contribution in [-0.4, -0.2) is 46.4 Å². The lowest BCUT2D eigenvalue weighted by Gasteiger charge is -2.36. The molecule has 2 aliphatic heterocycles. The van der Waals surface area contributed by atoms with E-state index in [9.17, 15) is 9.59 Å². The number of likely N-dealkylation sites (tertiary alicyclic amines) is 2. The van der Waals surface area contributed by atoms with Crippen LogP contribution in [-0.2, 0) is 9.59 Å². The largest absolute Gasteiger partial charge is 0.361 e. The molecule has 0 N–H and O–H groups in total. The lowest BCUT2D eigenvalue weighted by Crippen LogP contribution is -2.45. The normalized spacial score (nSPS) is 25.9. The Morgan fingerprint density at radius 3 is 2.81 bits per heavy atom. The fourth-order valence-electron chi connectivity index (χ4n) is 5.10. The van der Waals surface area contributed by atoms with Crippen LogP contribution in [0.1, 0.15) is 75.3 Å². The molecule has 6 nitrogen and oxygen atoms in total. The van der Waals surface area contributed by atoms with Crippen molar-refractivity contribution in [2.75, 3.05) is 19.6 Å². The summed E-state index contributed by atoms with van der Waals surface area (Å²) in [7, 11) is 0. The van der Waals surface area contributed by atoms with E-state index < -0.39 is 0 Å². The summed E-state index contributed by atoms with van der Waals surface area (Å²) in [6.45, 7) is 3.59. The molecule has 1 aromatic heterocycles. The molecule has 3 aliphatic rings. The van der Waals surface area contributed by atoms with Crippen molar-refractivity contribution in [2.45, 2.75) is 70.8 Å². The summed E-state index contributed by atoms with van der Waals surface area (Å²) in [5, 5.41) is 4.14. The van der Waals surface area contributed by atoms with Crippen LogP contribution in [0.4, 0.5) is 0 Å². The molecule has 0 bridgehead atoms. The molecule has 1 spiro atoms. The highest BCUT2D eigenvalue weighted by Crippen LogP contribution is 2.44. The molecule has 1 atom stereocenters. The zero-order valence-electron chi connectivity index (χ0n) is 15.7. The predicted molar refractivity (Wildman–Crippen MR) is 96.3 cm³/mol. The highest BCUT2D eigenvalue weighted by molar-refractivity contribution is 5.86. The van der Waals surface area contributed by atoms with Gasteiger partial charge in [-0.1, -0.05) is 24.4 Å². The first kappa shape index (κ1) is 17.6. The van der Waals surface area contributed by atoms with E-state index in [1.165, 1.54) is 19.3 Å². The summed E-state index contributed by atoms with van der Waals surface area (Å²) < 4.78 is 5.22. The number of aromatic nitrogens is 1.